The second-order valence-corrected chi connectivity index (χ2v) is 5.84. The topological polar surface area (TPSA) is 26.0 Å². The van der Waals surface area contributed by atoms with Gasteiger partial charge in [0.2, 0.25) is 0 Å². The molecule has 0 aliphatic carbocycles. The summed E-state index contributed by atoms with van der Waals surface area (Å²) in [7, 11) is 0. The maximum Gasteiger partial charge on any atom is 0.389 e. The van der Waals surface area contributed by atoms with Gasteiger partial charge >= 0.3 is 6.18 Å². The molecule has 1 nitrogen and oxygen atoms in total. The molecule has 1 unspecified atom stereocenters. The van der Waals surface area contributed by atoms with Crippen LogP contribution in [0.2, 0.25) is 5.02 Å². The minimum absolute atomic E-state index is 0.118. The lowest BCUT2D eigenvalue weighted by Gasteiger charge is -2.11. The van der Waals surface area contributed by atoms with Crippen molar-refractivity contribution in [1.29, 1.82) is 0 Å². The summed E-state index contributed by atoms with van der Waals surface area (Å²) < 4.78 is 36.5. The third-order valence-corrected chi connectivity index (χ3v) is 4.38. The summed E-state index contributed by atoms with van der Waals surface area (Å²) in [6, 6.07) is 0.984. The van der Waals surface area contributed by atoms with Crippen LogP contribution < -0.4 is 5.73 Å². The Hall–Kier alpha value is 0.220. The molecule has 2 N–H and O–H groups in total. The van der Waals surface area contributed by atoms with Crippen molar-refractivity contribution in [3.05, 3.63) is 19.8 Å². The number of alkyl halides is 3. The van der Waals surface area contributed by atoms with Crippen LogP contribution in [0.4, 0.5) is 13.2 Å². The summed E-state index contributed by atoms with van der Waals surface area (Å²) in [5.74, 6) is 0. The minimum atomic E-state index is -4.16. The van der Waals surface area contributed by atoms with Crippen molar-refractivity contribution in [2.75, 3.05) is 0 Å². The zero-order valence-electron chi connectivity index (χ0n) is 7.44. The summed E-state index contributed by atoms with van der Waals surface area (Å²) in [6.45, 7) is 0. The van der Waals surface area contributed by atoms with E-state index < -0.39 is 18.6 Å². The van der Waals surface area contributed by atoms with Crippen molar-refractivity contribution in [3.63, 3.8) is 0 Å². The lowest BCUT2D eigenvalue weighted by atomic mass is 10.1. The van der Waals surface area contributed by atoms with Crippen LogP contribution in [0, 0.1) is 0 Å². The Balaban J connectivity index is 2.58. The summed E-state index contributed by atoms with van der Waals surface area (Å²) in [5, 5.41) is 0.484. The zero-order valence-corrected chi connectivity index (χ0v) is 10.6. The third-order valence-electron chi connectivity index (χ3n) is 1.77. The Labute approximate surface area is 103 Å². The molecule has 0 bridgehead atoms. The van der Waals surface area contributed by atoms with Crippen LogP contribution in [-0.2, 0) is 0 Å². The Morgan fingerprint density at radius 3 is 2.53 bits per heavy atom. The minimum Gasteiger partial charge on any atom is -0.323 e. The zero-order chi connectivity index (χ0) is 11.6. The van der Waals surface area contributed by atoms with Gasteiger partial charge in [0.25, 0.3) is 0 Å². The third kappa shape index (κ3) is 4.30. The van der Waals surface area contributed by atoms with Crippen LogP contribution in [0.15, 0.2) is 9.85 Å². The van der Waals surface area contributed by atoms with Gasteiger partial charge in [-0.05, 0) is 28.4 Å². The largest absolute Gasteiger partial charge is 0.389 e. The molecule has 86 valence electrons. The van der Waals surface area contributed by atoms with E-state index in [0.717, 1.165) is 0 Å². The first-order chi connectivity index (χ1) is 6.79. The van der Waals surface area contributed by atoms with E-state index in [4.69, 9.17) is 17.3 Å². The molecule has 0 amide bonds. The Morgan fingerprint density at radius 2 is 2.13 bits per heavy atom. The summed E-state index contributed by atoms with van der Waals surface area (Å²) in [6.07, 6.45) is -5.15. The smallest absolute Gasteiger partial charge is 0.323 e. The van der Waals surface area contributed by atoms with Gasteiger partial charge in [0.1, 0.15) is 0 Å². The fourth-order valence-corrected chi connectivity index (χ4v) is 2.79. The summed E-state index contributed by atoms with van der Waals surface area (Å²) in [5.41, 5.74) is 5.62. The molecular formula is C8H8BrClF3NS. The normalized spacial score (nSPS) is 14.3. The van der Waals surface area contributed by atoms with Gasteiger partial charge in [0.15, 0.2) is 0 Å². The molecule has 1 aromatic heterocycles. The van der Waals surface area contributed by atoms with E-state index in [1.165, 1.54) is 11.3 Å². The van der Waals surface area contributed by atoms with Crippen molar-refractivity contribution >= 4 is 38.9 Å². The molecule has 0 aliphatic rings. The molecule has 0 aliphatic heterocycles. The molecule has 1 heterocycles. The van der Waals surface area contributed by atoms with Crippen LogP contribution in [0.25, 0.3) is 0 Å². The predicted octanol–water partition coefficient (Wildman–Crippen LogP) is 4.51. The van der Waals surface area contributed by atoms with E-state index in [1.807, 2.05) is 0 Å². The maximum atomic E-state index is 11.9. The fraction of sp³-hybridized carbons (Fsp3) is 0.500. The van der Waals surface area contributed by atoms with E-state index in [0.29, 0.717) is 13.7 Å². The van der Waals surface area contributed by atoms with Gasteiger partial charge in [-0.1, -0.05) is 11.6 Å². The number of rotatable bonds is 3. The number of hydrogen-bond donors (Lipinski definition) is 1. The molecule has 0 radical (unpaired) electrons. The number of hydrogen-bond acceptors (Lipinski definition) is 2. The standard InChI is InChI=1S/C8H8BrClF3NS/c9-7-4(10)3-6(15-7)5(14)1-2-8(11,12)13/h3,5H,1-2,14H2. The Morgan fingerprint density at radius 1 is 1.53 bits per heavy atom. The van der Waals surface area contributed by atoms with Crippen molar-refractivity contribution in [1.82, 2.24) is 0 Å². The molecule has 1 atom stereocenters. The lowest BCUT2D eigenvalue weighted by molar-refractivity contribution is -0.136. The second kappa shape index (κ2) is 5.03. The van der Waals surface area contributed by atoms with Crippen molar-refractivity contribution in [3.8, 4) is 0 Å². The monoisotopic (exact) mass is 321 g/mol. The van der Waals surface area contributed by atoms with E-state index in [2.05, 4.69) is 15.9 Å². The first kappa shape index (κ1) is 13.3. The van der Waals surface area contributed by atoms with Gasteiger partial charge < -0.3 is 5.73 Å². The van der Waals surface area contributed by atoms with Crippen molar-refractivity contribution in [2.45, 2.75) is 25.1 Å². The van der Waals surface area contributed by atoms with Crippen molar-refractivity contribution in [2.24, 2.45) is 5.73 Å². The molecule has 0 spiro atoms. The lowest BCUT2D eigenvalue weighted by Crippen LogP contribution is -2.14. The van der Waals surface area contributed by atoms with Gasteiger partial charge in [-0.2, -0.15) is 13.2 Å². The molecule has 0 saturated heterocycles. The van der Waals surface area contributed by atoms with E-state index in [-0.39, 0.29) is 6.42 Å². The van der Waals surface area contributed by atoms with Crippen molar-refractivity contribution < 1.29 is 13.2 Å². The highest BCUT2D eigenvalue weighted by molar-refractivity contribution is 9.11. The highest BCUT2D eigenvalue weighted by Gasteiger charge is 2.28. The Kier molecular flexibility index (Phi) is 4.46. The quantitative estimate of drug-likeness (QED) is 0.871. The first-order valence-corrected chi connectivity index (χ1v) is 6.05. The van der Waals surface area contributed by atoms with Crippen LogP contribution in [0.5, 0.6) is 0 Å². The van der Waals surface area contributed by atoms with Crippen LogP contribution in [-0.4, -0.2) is 6.18 Å². The average Bonchev–Trinajstić information content (AvgIpc) is 2.42. The van der Waals surface area contributed by atoms with Gasteiger partial charge in [-0.15, -0.1) is 11.3 Å². The second-order valence-electron chi connectivity index (χ2n) is 3.03. The van der Waals surface area contributed by atoms with Crippen LogP contribution in [0.1, 0.15) is 23.8 Å². The molecule has 0 saturated carbocycles. The summed E-state index contributed by atoms with van der Waals surface area (Å²) in [4.78, 5) is 0.663. The first-order valence-electron chi connectivity index (χ1n) is 4.06. The Bertz CT molecular complexity index is 320. The highest BCUT2D eigenvalue weighted by Crippen LogP contribution is 2.36. The van der Waals surface area contributed by atoms with Gasteiger partial charge in [-0.3, -0.25) is 0 Å². The van der Waals surface area contributed by atoms with Crippen LogP contribution >= 0.6 is 38.9 Å². The fourth-order valence-electron chi connectivity index (χ4n) is 1.01. The van der Waals surface area contributed by atoms with E-state index in [9.17, 15) is 13.2 Å². The van der Waals surface area contributed by atoms with E-state index in [1.54, 1.807) is 6.07 Å². The predicted molar refractivity (Wildman–Crippen MR) is 59.2 cm³/mol. The van der Waals surface area contributed by atoms with Crippen LogP contribution in [0.3, 0.4) is 0 Å². The molecule has 0 aromatic carbocycles. The van der Waals surface area contributed by atoms with E-state index >= 15 is 0 Å². The summed E-state index contributed by atoms with van der Waals surface area (Å²) >= 11 is 10.2. The molecular weight excluding hydrogens is 315 g/mol. The maximum absolute atomic E-state index is 11.9. The molecule has 0 fully saturated rings. The number of nitrogens with two attached hydrogens (primary N) is 1. The average molecular weight is 323 g/mol. The highest BCUT2D eigenvalue weighted by atomic mass is 79.9. The molecule has 1 aromatic rings. The number of halogens is 5. The van der Waals surface area contributed by atoms with Gasteiger partial charge in [-0.25, -0.2) is 0 Å². The molecule has 1 rings (SSSR count). The van der Waals surface area contributed by atoms with Gasteiger partial charge in [0, 0.05) is 17.3 Å². The molecule has 7 heteroatoms. The van der Waals surface area contributed by atoms with Gasteiger partial charge in [0.05, 0.1) is 8.81 Å². The molecule has 15 heavy (non-hydrogen) atoms. The SMILES string of the molecule is NC(CCC(F)(F)F)c1cc(Cl)c(Br)s1. The number of thiophene rings is 1.